The van der Waals surface area contributed by atoms with Crippen LogP contribution in [-0.4, -0.2) is 55.7 Å². The highest BCUT2D eigenvalue weighted by Gasteiger charge is 2.45. The van der Waals surface area contributed by atoms with Crippen LogP contribution in [0, 0.1) is 17.8 Å². The molecule has 222 valence electrons. The van der Waals surface area contributed by atoms with Crippen LogP contribution in [0.4, 0.5) is 0 Å². The van der Waals surface area contributed by atoms with Gasteiger partial charge in [-0.15, -0.1) is 0 Å². The van der Waals surface area contributed by atoms with Crippen molar-refractivity contribution >= 4 is 14.2 Å². The molecule has 5 aliphatic rings. The summed E-state index contributed by atoms with van der Waals surface area (Å²) in [7, 11) is -1.89. The van der Waals surface area contributed by atoms with Crippen LogP contribution >= 0.6 is 0 Å². The van der Waals surface area contributed by atoms with Crippen LogP contribution in [0.15, 0.2) is 48.5 Å². The normalized spacial score (nSPS) is 27.5. The minimum atomic E-state index is -1.89. The van der Waals surface area contributed by atoms with E-state index >= 15 is 0 Å². The lowest BCUT2D eigenvalue weighted by molar-refractivity contribution is 0.0652. The molecule has 5 heteroatoms. The molecule has 2 saturated heterocycles. The number of rotatable bonds is 5. The second kappa shape index (κ2) is 11.5. The number of amides is 1. The molecular formula is C36H52N2O2Si. The lowest BCUT2D eigenvalue weighted by atomic mass is 9.79. The SMILES string of the molecule is CC(C)(C)[Si](C)(C)Oc1ccc2c(c1)CCC[C@@H]1CN(C(=O)c3ccccc3)C3CCC(C2)N(CC2CC2)CCC31. The average molecular weight is 573 g/mol. The van der Waals surface area contributed by atoms with Crippen LogP contribution in [0.25, 0.3) is 0 Å². The van der Waals surface area contributed by atoms with Crippen molar-refractivity contribution in [2.75, 3.05) is 19.6 Å². The zero-order chi connectivity index (χ0) is 28.8. The molecule has 2 aliphatic carbocycles. The topological polar surface area (TPSA) is 32.8 Å². The maximum absolute atomic E-state index is 13.8. The van der Waals surface area contributed by atoms with Crippen molar-refractivity contribution in [3.63, 3.8) is 0 Å². The minimum Gasteiger partial charge on any atom is -0.543 e. The Labute approximate surface area is 250 Å². The molecule has 4 atom stereocenters. The van der Waals surface area contributed by atoms with E-state index in [1.54, 1.807) is 0 Å². The molecule has 2 aromatic rings. The first-order chi connectivity index (χ1) is 19.6. The van der Waals surface area contributed by atoms with E-state index in [9.17, 15) is 4.79 Å². The maximum Gasteiger partial charge on any atom is 0.254 e. The first-order valence-corrected chi connectivity index (χ1v) is 19.4. The van der Waals surface area contributed by atoms with Gasteiger partial charge in [0.05, 0.1) is 0 Å². The van der Waals surface area contributed by atoms with Crippen molar-refractivity contribution in [1.29, 1.82) is 0 Å². The third kappa shape index (κ3) is 6.32. The number of fused-ring (bicyclic) bond motifs is 5. The fourth-order valence-electron chi connectivity index (χ4n) is 7.65. The van der Waals surface area contributed by atoms with Gasteiger partial charge in [0.15, 0.2) is 0 Å². The largest absolute Gasteiger partial charge is 0.543 e. The summed E-state index contributed by atoms with van der Waals surface area (Å²) in [4.78, 5) is 19.0. The van der Waals surface area contributed by atoms with Crippen LogP contribution in [0.3, 0.4) is 0 Å². The summed E-state index contributed by atoms with van der Waals surface area (Å²) in [5, 5.41) is 0.186. The second-order valence-corrected chi connectivity index (χ2v) is 19.9. The van der Waals surface area contributed by atoms with Gasteiger partial charge in [-0.3, -0.25) is 9.69 Å². The highest BCUT2D eigenvalue weighted by molar-refractivity contribution is 6.74. The van der Waals surface area contributed by atoms with Crippen molar-refractivity contribution in [2.24, 2.45) is 17.8 Å². The Balaban J connectivity index is 1.30. The summed E-state index contributed by atoms with van der Waals surface area (Å²) in [6.45, 7) is 15.0. The molecule has 4 nitrogen and oxygen atoms in total. The van der Waals surface area contributed by atoms with Crippen molar-refractivity contribution in [3.8, 4) is 5.75 Å². The van der Waals surface area contributed by atoms with E-state index in [2.05, 4.69) is 61.9 Å². The van der Waals surface area contributed by atoms with E-state index < -0.39 is 8.32 Å². The Morgan fingerprint density at radius 1 is 0.951 bits per heavy atom. The number of carbonyl (C=O) groups is 1. The Bertz CT molecular complexity index is 1220. The van der Waals surface area contributed by atoms with E-state index in [4.69, 9.17) is 4.43 Å². The summed E-state index contributed by atoms with van der Waals surface area (Å²) < 4.78 is 6.78. The van der Waals surface area contributed by atoms with Crippen molar-refractivity contribution in [3.05, 3.63) is 65.2 Å². The number of aryl methyl sites for hydroxylation is 1. The smallest absolute Gasteiger partial charge is 0.254 e. The van der Waals surface area contributed by atoms with Gasteiger partial charge >= 0.3 is 0 Å². The maximum atomic E-state index is 13.8. The number of carbonyl (C=O) groups excluding carboxylic acids is 1. The van der Waals surface area contributed by atoms with Gasteiger partial charge in [-0.25, -0.2) is 0 Å². The van der Waals surface area contributed by atoms with Gasteiger partial charge in [0, 0.05) is 30.7 Å². The van der Waals surface area contributed by atoms with Gasteiger partial charge in [0.1, 0.15) is 5.75 Å². The monoisotopic (exact) mass is 572 g/mol. The standard InChI is InChI=1S/C36H52N2O2Si/c1-36(2,3)41(4,5)40-32-18-16-29-22-31-17-19-34-33(20-21-37(31)24-26-14-15-26)30(13-9-12-28(29)23-32)25-38(34)35(39)27-10-7-6-8-11-27/h6-8,10-11,16,18,23,26,30-31,33-34H,9,12-15,17,19-22,24-25H2,1-5H3/t30-,31?,33?,34?/m1/s1. The van der Waals surface area contributed by atoms with Gasteiger partial charge in [0.25, 0.3) is 5.91 Å². The molecule has 1 saturated carbocycles. The fraction of sp³-hybridized carbons (Fsp3) is 0.639. The molecule has 2 aromatic carbocycles. The van der Waals surface area contributed by atoms with E-state index in [-0.39, 0.29) is 10.9 Å². The van der Waals surface area contributed by atoms with E-state index in [1.807, 2.05) is 30.3 Å². The predicted octanol–water partition coefficient (Wildman–Crippen LogP) is 7.97. The average Bonchev–Trinajstić information content (AvgIpc) is 3.68. The fourth-order valence-corrected chi connectivity index (χ4v) is 8.68. The Morgan fingerprint density at radius 3 is 2.46 bits per heavy atom. The zero-order valence-corrected chi connectivity index (χ0v) is 27.2. The van der Waals surface area contributed by atoms with E-state index in [1.165, 1.54) is 62.7 Å². The highest BCUT2D eigenvalue weighted by atomic mass is 28.4. The Morgan fingerprint density at radius 2 is 1.73 bits per heavy atom. The first-order valence-electron chi connectivity index (χ1n) is 16.5. The van der Waals surface area contributed by atoms with Gasteiger partial charge in [-0.05, 0) is 136 Å². The Hall–Kier alpha value is -2.11. The lowest BCUT2D eigenvalue weighted by Gasteiger charge is -2.40. The third-order valence-corrected chi connectivity index (χ3v) is 15.7. The van der Waals surface area contributed by atoms with Gasteiger partial charge < -0.3 is 9.33 Å². The molecular weight excluding hydrogens is 520 g/mol. The Kier molecular flexibility index (Phi) is 8.14. The summed E-state index contributed by atoms with van der Waals surface area (Å²) in [5.41, 5.74) is 3.88. The van der Waals surface area contributed by atoms with Crippen molar-refractivity contribution < 1.29 is 9.22 Å². The van der Waals surface area contributed by atoms with Crippen LogP contribution in [0.5, 0.6) is 5.75 Å². The van der Waals surface area contributed by atoms with Crippen molar-refractivity contribution in [1.82, 2.24) is 9.80 Å². The highest BCUT2D eigenvalue weighted by Crippen LogP contribution is 2.43. The molecule has 1 amide bonds. The van der Waals surface area contributed by atoms with Gasteiger partial charge in [0.2, 0.25) is 8.32 Å². The summed E-state index contributed by atoms with van der Waals surface area (Å²) in [6.07, 6.45) is 11.0. The number of likely N-dealkylation sites (tertiary alicyclic amines) is 1. The minimum absolute atomic E-state index is 0.186. The summed E-state index contributed by atoms with van der Waals surface area (Å²) in [6, 6.07) is 18.0. The number of benzene rings is 2. The van der Waals surface area contributed by atoms with Crippen LogP contribution < -0.4 is 4.43 Å². The van der Waals surface area contributed by atoms with Crippen LogP contribution in [0.2, 0.25) is 18.1 Å². The van der Waals surface area contributed by atoms with E-state index in [0.717, 1.165) is 43.0 Å². The molecule has 3 aliphatic heterocycles. The lowest BCUT2D eigenvalue weighted by Crippen LogP contribution is -2.46. The summed E-state index contributed by atoms with van der Waals surface area (Å²) in [5.74, 6) is 3.44. The second-order valence-electron chi connectivity index (χ2n) is 15.2. The third-order valence-electron chi connectivity index (χ3n) is 11.3. The number of hydrogen-bond donors (Lipinski definition) is 0. The van der Waals surface area contributed by atoms with Gasteiger partial charge in [-0.2, -0.15) is 0 Å². The number of hydrogen-bond acceptors (Lipinski definition) is 3. The molecule has 41 heavy (non-hydrogen) atoms. The zero-order valence-electron chi connectivity index (χ0n) is 26.2. The van der Waals surface area contributed by atoms with E-state index in [0.29, 0.717) is 23.9 Å². The summed E-state index contributed by atoms with van der Waals surface area (Å²) >= 11 is 0. The number of nitrogens with zero attached hydrogens (tertiary/aromatic N) is 2. The predicted molar refractivity (Wildman–Crippen MR) is 171 cm³/mol. The molecule has 3 unspecified atom stereocenters. The first kappa shape index (κ1) is 29.0. The molecule has 3 heterocycles. The van der Waals surface area contributed by atoms with Crippen LogP contribution in [-0.2, 0) is 12.8 Å². The molecule has 7 rings (SSSR count). The van der Waals surface area contributed by atoms with Crippen LogP contribution in [0.1, 0.15) is 87.2 Å². The van der Waals surface area contributed by atoms with Gasteiger partial charge in [-0.1, -0.05) is 45.0 Å². The molecule has 0 radical (unpaired) electrons. The molecule has 0 N–H and O–H groups in total. The molecule has 4 bridgehead atoms. The van der Waals surface area contributed by atoms with Crippen molar-refractivity contribution in [2.45, 2.75) is 109 Å². The quantitative estimate of drug-likeness (QED) is 0.341. The molecule has 0 aromatic heterocycles. The molecule has 0 spiro atoms. The molecule has 3 fully saturated rings.